The molecule has 0 saturated carbocycles. The molecule has 0 aromatic heterocycles. The number of likely N-dealkylation sites (N-methyl/N-ethyl adjacent to an activating group) is 1. The van der Waals surface area contributed by atoms with Crippen LogP contribution in [-0.4, -0.2) is 91.4 Å². The molecular weight excluding hydrogens is 320 g/mol. The van der Waals surface area contributed by atoms with E-state index in [1.807, 2.05) is 25.1 Å². The van der Waals surface area contributed by atoms with Crippen molar-refractivity contribution in [2.75, 3.05) is 58.7 Å². The minimum Gasteiger partial charge on any atom is -0.496 e. The standard InChI is InChI=1S/C18H28N4O3/c1-13-4-5-14(10-17(13)25-3)19-18(24)22-11-15(16(23)12-22)21-8-6-20(2)7-9-21/h4-5,10,15-16,23H,6-9,11-12H2,1-3H3,(H,19,24)/t15-,16-/m1/s1. The van der Waals surface area contributed by atoms with Crippen LogP contribution in [0.15, 0.2) is 18.2 Å². The van der Waals surface area contributed by atoms with Gasteiger partial charge in [0.1, 0.15) is 5.75 Å². The number of hydrogen-bond acceptors (Lipinski definition) is 5. The van der Waals surface area contributed by atoms with E-state index in [0.29, 0.717) is 18.8 Å². The fourth-order valence-electron chi connectivity index (χ4n) is 3.55. The fraction of sp³-hybridized carbons (Fsp3) is 0.611. The number of nitrogens with zero attached hydrogens (tertiary/aromatic N) is 3. The van der Waals surface area contributed by atoms with Crippen molar-refractivity contribution in [3.05, 3.63) is 23.8 Å². The number of β-amino-alcohol motifs (C(OH)–C–C–N with tert-alkyl or cyclic N) is 1. The van der Waals surface area contributed by atoms with Crippen LogP contribution in [0.4, 0.5) is 10.5 Å². The number of carbonyl (C=O) groups excluding carboxylic acids is 1. The third kappa shape index (κ3) is 4.05. The minimum atomic E-state index is -0.498. The summed E-state index contributed by atoms with van der Waals surface area (Å²) in [5, 5.41) is 13.3. The SMILES string of the molecule is COc1cc(NC(=O)N2C[C@@H](O)[C@H](N3CCN(C)CC3)C2)ccc1C. The first-order chi connectivity index (χ1) is 12.0. The van der Waals surface area contributed by atoms with Gasteiger partial charge in [-0.2, -0.15) is 0 Å². The van der Waals surface area contributed by atoms with Crippen LogP contribution in [-0.2, 0) is 0 Å². The van der Waals surface area contributed by atoms with Gasteiger partial charge in [-0.05, 0) is 25.6 Å². The number of benzene rings is 1. The molecule has 7 heteroatoms. The van der Waals surface area contributed by atoms with Crippen molar-refractivity contribution in [2.45, 2.75) is 19.1 Å². The Bertz CT molecular complexity index is 616. The summed E-state index contributed by atoms with van der Waals surface area (Å²) in [5.74, 6) is 0.745. The van der Waals surface area contributed by atoms with Gasteiger partial charge in [-0.25, -0.2) is 4.79 Å². The summed E-state index contributed by atoms with van der Waals surface area (Å²) < 4.78 is 5.30. The van der Waals surface area contributed by atoms with E-state index in [1.165, 1.54) is 0 Å². The highest BCUT2D eigenvalue weighted by Gasteiger charge is 2.38. The molecule has 7 nitrogen and oxygen atoms in total. The zero-order valence-corrected chi connectivity index (χ0v) is 15.2. The normalized spacial score (nSPS) is 25.2. The summed E-state index contributed by atoms with van der Waals surface area (Å²) in [4.78, 5) is 18.8. The number of amides is 2. The van der Waals surface area contributed by atoms with E-state index >= 15 is 0 Å². The van der Waals surface area contributed by atoms with Crippen molar-refractivity contribution in [3.63, 3.8) is 0 Å². The van der Waals surface area contributed by atoms with Gasteiger partial charge in [-0.1, -0.05) is 6.07 Å². The van der Waals surface area contributed by atoms with Gasteiger partial charge in [-0.15, -0.1) is 0 Å². The van der Waals surface area contributed by atoms with Gasteiger partial charge in [0.2, 0.25) is 0 Å². The molecule has 0 radical (unpaired) electrons. The van der Waals surface area contributed by atoms with E-state index in [0.717, 1.165) is 37.5 Å². The van der Waals surface area contributed by atoms with Gasteiger partial charge in [0.05, 0.1) is 25.8 Å². The molecule has 2 fully saturated rings. The van der Waals surface area contributed by atoms with Crippen LogP contribution in [0.25, 0.3) is 0 Å². The Morgan fingerprint density at radius 1 is 1.24 bits per heavy atom. The number of likely N-dealkylation sites (tertiary alicyclic amines) is 1. The Balaban J connectivity index is 1.60. The molecule has 25 heavy (non-hydrogen) atoms. The Hall–Kier alpha value is -1.83. The Labute approximate surface area is 149 Å². The summed E-state index contributed by atoms with van der Waals surface area (Å²) >= 11 is 0. The molecule has 2 saturated heterocycles. The Morgan fingerprint density at radius 3 is 2.64 bits per heavy atom. The van der Waals surface area contributed by atoms with Crippen molar-refractivity contribution >= 4 is 11.7 Å². The van der Waals surface area contributed by atoms with Gasteiger partial charge in [0, 0.05) is 44.5 Å². The zero-order chi connectivity index (χ0) is 18.0. The summed E-state index contributed by atoms with van der Waals surface area (Å²) in [6, 6.07) is 5.44. The van der Waals surface area contributed by atoms with Crippen LogP contribution in [0.2, 0.25) is 0 Å². The molecule has 2 N–H and O–H groups in total. The first kappa shape index (κ1) is 18.0. The fourth-order valence-corrected chi connectivity index (χ4v) is 3.55. The number of ether oxygens (including phenoxy) is 1. The molecule has 2 atom stereocenters. The lowest BCUT2D eigenvalue weighted by atomic mass is 10.1. The van der Waals surface area contributed by atoms with Crippen LogP contribution in [0, 0.1) is 6.92 Å². The lowest BCUT2D eigenvalue weighted by molar-refractivity contribution is 0.0512. The van der Waals surface area contributed by atoms with E-state index in [2.05, 4.69) is 22.2 Å². The Morgan fingerprint density at radius 2 is 1.96 bits per heavy atom. The number of anilines is 1. The summed E-state index contributed by atoms with van der Waals surface area (Å²) in [6.07, 6.45) is -0.498. The predicted octanol–water partition coefficient (Wildman–Crippen LogP) is 0.828. The first-order valence-electron chi connectivity index (χ1n) is 8.79. The van der Waals surface area contributed by atoms with Gasteiger partial charge in [0.15, 0.2) is 0 Å². The van der Waals surface area contributed by atoms with Gasteiger partial charge in [0.25, 0.3) is 0 Å². The molecule has 2 aliphatic heterocycles. The Kier molecular flexibility index (Phi) is 5.46. The average molecular weight is 348 g/mol. The number of urea groups is 1. The van der Waals surface area contributed by atoms with Crippen molar-refractivity contribution < 1.29 is 14.6 Å². The molecule has 3 rings (SSSR count). The first-order valence-corrected chi connectivity index (χ1v) is 8.79. The average Bonchev–Trinajstić information content (AvgIpc) is 2.99. The van der Waals surface area contributed by atoms with E-state index in [1.54, 1.807) is 12.0 Å². The van der Waals surface area contributed by atoms with Crippen LogP contribution in [0.1, 0.15) is 5.56 Å². The largest absolute Gasteiger partial charge is 0.496 e. The van der Waals surface area contributed by atoms with Gasteiger partial charge < -0.3 is 25.0 Å². The van der Waals surface area contributed by atoms with Gasteiger partial charge >= 0.3 is 6.03 Å². The third-order valence-corrected chi connectivity index (χ3v) is 5.21. The third-order valence-electron chi connectivity index (χ3n) is 5.21. The number of hydrogen-bond donors (Lipinski definition) is 2. The predicted molar refractivity (Wildman–Crippen MR) is 97.2 cm³/mol. The number of rotatable bonds is 3. The smallest absolute Gasteiger partial charge is 0.321 e. The minimum absolute atomic E-state index is 0.0204. The van der Waals surface area contributed by atoms with Crippen molar-refractivity contribution in [1.82, 2.24) is 14.7 Å². The maximum Gasteiger partial charge on any atom is 0.321 e. The van der Waals surface area contributed by atoms with E-state index in [-0.39, 0.29) is 12.1 Å². The number of piperazine rings is 1. The molecule has 2 heterocycles. The summed E-state index contributed by atoms with van der Waals surface area (Å²) in [5.41, 5.74) is 1.72. The highest BCUT2D eigenvalue weighted by molar-refractivity contribution is 5.90. The number of carbonyl (C=O) groups is 1. The number of aliphatic hydroxyl groups is 1. The molecule has 0 unspecified atom stereocenters. The number of aliphatic hydroxyl groups excluding tert-OH is 1. The lowest BCUT2D eigenvalue weighted by Gasteiger charge is -2.37. The molecule has 138 valence electrons. The molecule has 0 aliphatic carbocycles. The summed E-state index contributed by atoms with van der Waals surface area (Å²) in [6.45, 7) is 6.75. The van der Waals surface area contributed by atoms with E-state index < -0.39 is 6.10 Å². The molecule has 2 aliphatic rings. The number of aryl methyl sites for hydroxylation is 1. The number of methoxy groups -OCH3 is 1. The van der Waals surface area contributed by atoms with Crippen molar-refractivity contribution in [2.24, 2.45) is 0 Å². The molecule has 0 bridgehead atoms. The highest BCUT2D eigenvalue weighted by Crippen LogP contribution is 2.23. The molecular formula is C18H28N4O3. The molecule has 1 aromatic rings. The number of nitrogens with one attached hydrogen (secondary N) is 1. The van der Waals surface area contributed by atoms with E-state index in [4.69, 9.17) is 4.74 Å². The summed E-state index contributed by atoms with van der Waals surface area (Å²) in [7, 11) is 3.73. The second kappa shape index (κ2) is 7.59. The monoisotopic (exact) mass is 348 g/mol. The van der Waals surface area contributed by atoms with E-state index in [9.17, 15) is 9.90 Å². The van der Waals surface area contributed by atoms with Crippen molar-refractivity contribution in [1.29, 1.82) is 0 Å². The zero-order valence-electron chi connectivity index (χ0n) is 15.2. The van der Waals surface area contributed by atoms with Crippen LogP contribution in [0.3, 0.4) is 0 Å². The quantitative estimate of drug-likeness (QED) is 0.847. The maximum absolute atomic E-state index is 12.6. The topological polar surface area (TPSA) is 68.3 Å². The lowest BCUT2D eigenvalue weighted by Crippen LogP contribution is -2.52. The second-order valence-corrected chi connectivity index (χ2v) is 6.99. The second-order valence-electron chi connectivity index (χ2n) is 6.99. The van der Waals surface area contributed by atoms with Crippen LogP contribution in [0.5, 0.6) is 5.75 Å². The molecule has 0 spiro atoms. The highest BCUT2D eigenvalue weighted by atomic mass is 16.5. The maximum atomic E-state index is 12.6. The molecule has 2 amide bonds. The van der Waals surface area contributed by atoms with Crippen molar-refractivity contribution in [3.8, 4) is 5.75 Å². The van der Waals surface area contributed by atoms with Gasteiger partial charge in [-0.3, -0.25) is 4.90 Å². The molecule has 1 aromatic carbocycles. The van der Waals surface area contributed by atoms with Crippen LogP contribution < -0.4 is 10.1 Å². The van der Waals surface area contributed by atoms with Crippen LogP contribution >= 0.6 is 0 Å².